The van der Waals surface area contributed by atoms with Gasteiger partial charge in [0.25, 0.3) is 10.2 Å². The van der Waals surface area contributed by atoms with Crippen LogP contribution in [0, 0.1) is 0 Å². The monoisotopic (exact) mass is 534 g/mol. The number of hydrogen-bond donors (Lipinski definition) is 3. The van der Waals surface area contributed by atoms with Crippen molar-refractivity contribution in [3.63, 3.8) is 0 Å². The fourth-order valence-corrected chi connectivity index (χ4v) is 5.00. The van der Waals surface area contributed by atoms with Gasteiger partial charge in [0, 0.05) is 69.8 Å². The lowest BCUT2D eigenvalue weighted by molar-refractivity contribution is 0.0724. The average molecular weight is 535 g/mol. The first-order chi connectivity index (χ1) is 17.8. The highest BCUT2D eigenvalue weighted by Gasteiger charge is 2.40. The number of carbonyl (C=O) groups excluding carboxylic acids is 1. The molecule has 0 radical (unpaired) electrons. The van der Waals surface area contributed by atoms with E-state index in [4.69, 9.17) is 25.2 Å². The molecular weight excluding hydrogens is 504 g/mol. The van der Waals surface area contributed by atoms with Crippen molar-refractivity contribution < 1.29 is 22.7 Å². The zero-order valence-corrected chi connectivity index (χ0v) is 21.3. The summed E-state index contributed by atoms with van der Waals surface area (Å²) in [5, 5.41) is 0. The molecule has 15 nitrogen and oxygen atoms in total. The molecule has 3 aliphatic rings. The van der Waals surface area contributed by atoms with Crippen molar-refractivity contribution in [3.8, 4) is 11.3 Å². The minimum atomic E-state index is -3.56. The molecule has 2 fully saturated rings. The third-order valence-electron chi connectivity index (χ3n) is 6.54. The van der Waals surface area contributed by atoms with Gasteiger partial charge in [0.05, 0.1) is 24.9 Å². The molecule has 3 aliphatic heterocycles. The number of nitrogen functional groups attached to an aromatic ring is 1. The quantitative estimate of drug-likeness (QED) is 0.337. The highest BCUT2D eigenvalue weighted by atomic mass is 32.2. The van der Waals surface area contributed by atoms with Gasteiger partial charge in [-0.25, -0.2) is 24.5 Å². The lowest BCUT2D eigenvalue weighted by Gasteiger charge is -2.44. The zero-order valence-electron chi connectivity index (χ0n) is 20.5. The highest BCUT2D eigenvalue weighted by molar-refractivity contribution is 7.87. The summed E-state index contributed by atoms with van der Waals surface area (Å²) in [7, 11) is -2.27. The molecule has 37 heavy (non-hydrogen) atoms. The maximum Gasteiger partial charge on any atom is 0.409 e. The molecule has 2 aromatic heterocycles. The van der Waals surface area contributed by atoms with Crippen LogP contribution in [0.15, 0.2) is 12.4 Å². The molecule has 5 heterocycles. The largest absolute Gasteiger partial charge is 0.448 e. The molecule has 0 unspecified atom stereocenters. The van der Waals surface area contributed by atoms with Crippen LogP contribution in [0.25, 0.3) is 11.3 Å². The Bertz CT molecular complexity index is 1230. The van der Waals surface area contributed by atoms with E-state index in [2.05, 4.69) is 29.2 Å². The van der Waals surface area contributed by atoms with E-state index in [1.54, 1.807) is 17.3 Å². The van der Waals surface area contributed by atoms with Crippen LogP contribution in [0.4, 0.5) is 22.5 Å². The predicted octanol–water partition coefficient (Wildman–Crippen LogP) is -1.41. The highest BCUT2D eigenvalue weighted by Crippen LogP contribution is 2.37. The normalized spacial score (nSPS) is 18.0. The summed E-state index contributed by atoms with van der Waals surface area (Å²) in [4.78, 5) is 36.4. The zero-order chi connectivity index (χ0) is 26.0. The van der Waals surface area contributed by atoms with E-state index in [1.165, 1.54) is 7.05 Å². The van der Waals surface area contributed by atoms with E-state index in [1.807, 2.05) is 0 Å². The van der Waals surface area contributed by atoms with Gasteiger partial charge in [0.2, 0.25) is 11.9 Å². The number of nitrogens with two attached hydrogens (primary N) is 1. The molecule has 2 saturated heterocycles. The molecule has 4 N–H and O–H groups in total. The lowest BCUT2D eigenvalue weighted by Crippen LogP contribution is -2.61. The number of nitrogens with zero attached hydrogens (tertiary/aromatic N) is 7. The maximum atomic E-state index is 12.4. The SMILES string of the molecule is CNS(=O)(=O)NCCOC(=O)N1CC(N2CCc3c(-c4cnc(N)nc4)nc(N4CCOCC4)nc32)C1. The number of nitrogens with one attached hydrogen (secondary N) is 2. The predicted molar refractivity (Wildman–Crippen MR) is 134 cm³/mol. The fourth-order valence-electron chi connectivity index (χ4n) is 4.51. The Morgan fingerprint density at radius 3 is 2.62 bits per heavy atom. The Labute approximate surface area is 214 Å². The Hall–Kier alpha value is -3.34. The number of carbonyl (C=O) groups is 1. The third-order valence-corrected chi connectivity index (χ3v) is 7.66. The van der Waals surface area contributed by atoms with Gasteiger partial charge in [0.15, 0.2) is 0 Å². The van der Waals surface area contributed by atoms with E-state index >= 15 is 0 Å². The van der Waals surface area contributed by atoms with Gasteiger partial charge in [-0.3, -0.25) is 0 Å². The van der Waals surface area contributed by atoms with Crippen LogP contribution < -0.4 is 25.0 Å². The Kier molecular flexibility index (Phi) is 7.23. The first-order valence-electron chi connectivity index (χ1n) is 12.0. The number of amides is 1. The molecule has 5 rings (SSSR count). The van der Waals surface area contributed by atoms with Crippen LogP contribution in [0.3, 0.4) is 0 Å². The summed E-state index contributed by atoms with van der Waals surface area (Å²) in [5.41, 5.74) is 8.27. The minimum Gasteiger partial charge on any atom is -0.448 e. The lowest BCUT2D eigenvalue weighted by atomic mass is 10.1. The Morgan fingerprint density at radius 1 is 1.19 bits per heavy atom. The van der Waals surface area contributed by atoms with Gasteiger partial charge in [0.1, 0.15) is 12.4 Å². The number of ether oxygens (including phenoxy) is 2. The summed E-state index contributed by atoms with van der Waals surface area (Å²) < 4.78 is 37.9. The number of morpholine rings is 1. The van der Waals surface area contributed by atoms with E-state index in [9.17, 15) is 13.2 Å². The molecule has 0 saturated carbocycles. The Morgan fingerprint density at radius 2 is 1.92 bits per heavy atom. The first kappa shape index (κ1) is 25.3. The summed E-state index contributed by atoms with van der Waals surface area (Å²) in [6.45, 7) is 4.27. The third kappa shape index (κ3) is 5.51. The van der Waals surface area contributed by atoms with Crippen molar-refractivity contribution in [1.82, 2.24) is 34.3 Å². The van der Waals surface area contributed by atoms with Crippen molar-refractivity contribution in [2.75, 3.05) is 81.7 Å². The molecule has 0 atom stereocenters. The number of likely N-dealkylation sites (tertiary alicyclic amines) is 1. The van der Waals surface area contributed by atoms with Gasteiger partial charge in [-0.1, -0.05) is 0 Å². The van der Waals surface area contributed by atoms with Gasteiger partial charge >= 0.3 is 6.09 Å². The van der Waals surface area contributed by atoms with Crippen molar-refractivity contribution in [2.24, 2.45) is 0 Å². The average Bonchev–Trinajstić information content (AvgIpc) is 3.30. The molecule has 0 aliphatic carbocycles. The number of fused-ring (bicyclic) bond motifs is 1. The molecule has 200 valence electrons. The minimum absolute atomic E-state index is 0.00938. The van der Waals surface area contributed by atoms with Crippen molar-refractivity contribution in [1.29, 1.82) is 0 Å². The van der Waals surface area contributed by atoms with Gasteiger partial charge in [-0.2, -0.15) is 18.1 Å². The van der Waals surface area contributed by atoms with Gasteiger partial charge in [-0.15, -0.1) is 0 Å². The molecule has 0 bridgehead atoms. The van der Waals surface area contributed by atoms with Crippen LogP contribution in [0.2, 0.25) is 0 Å². The molecule has 2 aromatic rings. The number of hydrogen-bond acceptors (Lipinski definition) is 12. The van der Waals surface area contributed by atoms with Gasteiger partial charge in [-0.05, 0) is 6.42 Å². The van der Waals surface area contributed by atoms with Crippen molar-refractivity contribution in [3.05, 3.63) is 18.0 Å². The van der Waals surface area contributed by atoms with Crippen LogP contribution in [0.1, 0.15) is 5.56 Å². The van der Waals surface area contributed by atoms with E-state index < -0.39 is 16.3 Å². The van der Waals surface area contributed by atoms with Crippen molar-refractivity contribution in [2.45, 2.75) is 12.5 Å². The number of rotatable bonds is 8. The second kappa shape index (κ2) is 10.6. The van der Waals surface area contributed by atoms with Crippen LogP contribution in [-0.2, 0) is 26.1 Å². The number of anilines is 3. The summed E-state index contributed by atoms with van der Waals surface area (Å²) >= 11 is 0. The standard InChI is InChI=1S/C21H30N10O5S/c1-23-37(33,34)26-3-7-36-21(32)30-12-15(13-30)31-4-2-16-17(14-10-24-19(22)25-11-14)27-20(28-18(16)31)29-5-8-35-9-6-29/h10-11,15,23,26H,2-9,12-13H2,1H3,(H2,22,24,25). The van der Waals surface area contributed by atoms with E-state index in [-0.39, 0.29) is 25.1 Å². The van der Waals surface area contributed by atoms with Crippen molar-refractivity contribution >= 4 is 34.0 Å². The molecule has 0 aromatic carbocycles. The second-order valence-electron chi connectivity index (χ2n) is 8.82. The number of aromatic nitrogens is 4. The smallest absolute Gasteiger partial charge is 0.409 e. The summed E-state index contributed by atoms with van der Waals surface area (Å²) in [5.74, 6) is 1.67. The Balaban J connectivity index is 1.28. The first-order valence-corrected chi connectivity index (χ1v) is 13.5. The van der Waals surface area contributed by atoms with E-state index in [0.29, 0.717) is 45.3 Å². The maximum absolute atomic E-state index is 12.4. The molecule has 16 heteroatoms. The van der Waals surface area contributed by atoms with Crippen LogP contribution in [-0.4, -0.2) is 112 Å². The topological polar surface area (TPSA) is 181 Å². The second-order valence-corrected chi connectivity index (χ2v) is 10.5. The summed E-state index contributed by atoms with van der Waals surface area (Å²) in [6.07, 6.45) is 3.63. The molecular formula is C21H30N10O5S. The molecule has 1 amide bonds. The van der Waals surface area contributed by atoms with Crippen LogP contribution in [0.5, 0.6) is 0 Å². The fraction of sp³-hybridized carbons (Fsp3) is 0.571. The van der Waals surface area contributed by atoms with E-state index in [0.717, 1.165) is 35.6 Å². The summed E-state index contributed by atoms with van der Waals surface area (Å²) in [6, 6.07) is 0.0829. The molecule has 0 spiro atoms. The van der Waals surface area contributed by atoms with Gasteiger partial charge < -0.3 is 29.9 Å². The van der Waals surface area contributed by atoms with Crippen LogP contribution >= 0.6 is 0 Å².